The van der Waals surface area contributed by atoms with E-state index in [4.69, 9.17) is 0 Å². The topological polar surface area (TPSA) is 17.8 Å². The highest BCUT2D eigenvalue weighted by atomic mass is 32.2. The second kappa shape index (κ2) is 3.33. The Bertz CT molecular complexity index is 382. The molecule has 13 heavy (non-hydrogen) atoms. The zero-order valence-electron chi connectivity index (χ0n) is 6.52. The molecular weight excluding hydrogens is 194 g/mol. The smallest absolute Gasteiger partial charge is 0.226 e. The van der Waals surface area contributed by atoms with Gasteiger partial charge in [0.1, 0.15) is 12.1 Å². The summed E-state index contributed by atoms with van der Waals surface area (Å²) in [6.45, 7) is 0. The monoisotopic (exact) mass is 200 g/mol. The second-order valence-electron chi connectivity index (χ2n) is 2.55. The van der Waals surface area contributed by atoms with Crippen LogP contribution in [0.4, 0.5) is 8.28 Å². The molecule has 1 heterocycles. The van der Waals surface area contributed by atoms with E-state index in [9.17, 15) is 8.28 Å². The van der Waals surface area contributed by atoms with E-state index in [2.05, 4.69) is 5.10 Å². The van der Waals surface area contributed by atoms with Crippen molar-refractivity contribution in [2.45, 2.75) is 5.63 Å². The van der Waals surface area contributed by atoms with Crippen molar-refractivity contribution >= 4 is 23.1 Å². The summed E-state index contributed by atoms with van der Waals surface area (Å²) in [6.07, 6.45) is 1.48. The molecule has 0 saturated heterocycles. The van der Waals surface area contributed by atoms with Crippen molar-refractivity contribution in [1.29, 1.82) is 0 Å². The summed E-state index contributed by atoms with van der Waals surface area (Å²) in [4.78, 5) is 0. The van der Waals surface area contributed by atoms with E-state index in [1.807, 2.05) is 6.07 Å². The molecule has 1 aromatic heterocycles. The first-order chi connectivity index (χ1) is 6.31. The largest absolute Gasteiger partial charge is 0.268 e. The Kier molecular flexibility index (Phi) is 2.18. The van der Waals surface area contributed by atoms with Gasteiger partial charge in [0, 0.05) is 11.6 Å². The fourth-order valence-corrected chi connectivity index (χ4v) is 1.32. The van der Waals surface area contributed by atoms with Crippen LogP contribution in [-0.2, 0) is 0 Å². The lowest BCUT2D eigenvalue weighted by Gasteiger charge is -1.99. The maximum atomic E-state index is 12.8. The molecule has 0 bridgehead atoms. The Morgan fingerprint density at radius 2 is 2.15 bits per heavy atom. The van der Waals surface area contributed by atoms with Crippen molar-refractivity contribution < 1.29 is 8.28 Å². The van der Waals surface area contributed by atoms with Gasteiger partial charge in [-0.2, -0.15) is 8.98 Å². The molecule has 0 aliphatic rings. The summed E-state index contributed by atoms with van der Waals surface area (Å²) < 4.78 is 25.6. The molecule has 0 spiro atoms. The standard InChI is InChI=1S/C8H6F2N2S/c9-8(13-10)12-5-6-3-1-2-4-7(6)11-12/h1-5,8H. The molecule has 1 atom stereocenters. The van der Waals surface area contributed by atoms with Crippen molar-refractivity contribution in [3.8, 4) is 0 Å². The number of nitrogens with zero attached hydrogens (tertiary/aromatic N) is 2. The van der Waals surface area contributed by atoms with Crippen LogP contribution in [0.15, 0.2) is 30.5 Å². The average Bonchev–Trinajstić information content (AvgIpc) is 2.59. The third-order valence-corrected chi connectivity index (χ3v) is 2.08. The van der Waals surface area contributed by atoms with E-state index in [-0.39, 0.29) is 12.1 Å². The van der Waals surface area contributed by atoms with Gasteiger partial charge in [-0.25, -0.2) is 9.07 Å². The van der Waals surface area contributed by atoms with Gasteiger partial charge in [0.25, 0.3) is 5.63 Å². The number of halogens is 2. The van der Waals surface area contributed by atoms with Gasteiger partial charge in [0.15, 0.2) is 0 Å². The zero-order valence-corrected chi connectivity index (χ0v) is 7.34. The van der Waals surface area contributed by atoms with Gasteiger partial charge >= 0.3 is 0 Å². The normalized spacial score (nSPS) is 13.4. The molecule has 1 unspecified atom stereocenters. The van der Waals surface area contributed by atoms with Crippen molar-refractivity contribution in [2.75, 3.05) is 0 Å². The Morgan fingerprint density at radius 3 is 2.85 bits per heavy atom. The Labute approximate surface area is 77.8 Å². The minimum absolute atomic E-state index is 0.373. The first-order valence-electron chi connectivity index (χ1n) is 3.66. The van der Waals surface area contributed by atoms with Crippen molar-refractivity contribution in [3.05, 3.63) is 30.5 Å². The number of benzene rings is 1. The molecule has 68 valence electrons. The summed E-state index contributed by atoms with van der Waals surface area (Å²) in [5.41, 5.74) is -1.09. The fraction of sp³-hybridized carbons (Fsp3) is 0.125. The zero-order chi connectivity index (χ0) is 9.26. The van der Waals surface area contributed by atoms with E-state index >= 15 is 0 Å². The fourth-order valence-electron chi connectivity index (χ4n) is 1.13. The van der Waals surface area contributed by atoms with Crippen LogP contribution in [0.3, 0.4) is 0 Å². The number of alkyl halides is 1. The quantitative estimate of drug-likeness (QED) is 0.741. The average molecular weight is 200 g/mol. The molecule has 0 fully saturated rings. The molecule has 0 saturated carbocycles. The van der Waals surface area contributed by atoms with Gasteiger partial charge in [-0.05, 0) is 6.07 Å². The molecule has 0 aliphatic heterocycles. The van der Waals surface area contributed by atoms with Gasteiger partial charge in [0.2, 0.25) is 0 Å². The number of hydrogen-bond donors (Lipinski definition) is 0. The van der Waals surface area contributed by atoms with Crippen LogP contribution in [0.2, 0.25) is 0 Å². The van der Waals surface area contributed by atoms with Crippen molar-refractivity contribution in [1.82, 2.24) is 9.78 Å². The summed E-state index contributed by atoms with van der Waals surface area (Å²) in [7, 11) is 0. The van der Waals surface area contributed by atoms with Crippen LogP contribution in [-0.4, -0.2) is 9.78 Å². The Balaban J connectivity index is 2.49. The number of fused-ring (bicyclic) bond motifs is 1. The van der Waals surface area contributed by atoms with Crippen LogP contribution in [0.5, 0.6) is 0 Å². The molecule has 5 heteroatoms. The summed E-state index contributed by atoms with van der Waals surface area (Å²) in [6, 6.07) is 7.18. The number of hydrogen-bond acceptors (Lipinski definition) is 2. The highest BCUT2D eigenvalue weighted by Crippen LogP contribution is 2.25. The van der Waals surface area contributed by atoms with Crippen LogP contribution >= 0.6 is 12.1 Å². The van der Waals surface area contributed by atoms with Gasteiger partial charge < -0.3 is 0 Å². The minimum atomic E-state index is -1.76. The molecule has 0 aliphatic carbocycles. The van der Waals surface area contributed by atoms with Gasteiger partial charge in [-0.15, -0.1) is 0 Å². The van der Waals surface area contributed by atoms with Crippen LogP contribution in [0.1, 0.15) is 5.63 Å². The van der Waals surface area contributed by atoms with Gasteiger partial charge in [-0.1, -0.05) is 18.2 Å². The predicted molar refractivity (Wildman–Crippen MR) is 48.6 cm³/mol. The van der Waals surface area contributed by atoms with Crippen LogP contribution in [0.25, 0.3) is 10.9 Å². The van der Waals surface area contributed by atoms with Crippen molar-refractivity contribution in [3.63, 3.8) is 0 Å². The summed E-state index contributed by atoms with van der Waals surface area (Å²) >= 11 is -0.373. The number of aromatic nitrogens is 2. The minimum Gasteiger partial charge on any atom is -0.226 e. The lowest BCUT2D eigenvalue weighted by molar-refractivity contribution is 0.331. The SMILES string of the molecule is FSC(F)n1cc2ccccc2n1. The molecular formula is C8H6F2N2S. The van der Waals surface area contributed by atoms with Gasteiger partial charge in [0.05, 0.1) is 5.52 Å². The highest BCUT2D eigenvalue weighted by molar-refractivity contribution is 7.94. The molecule has 2 rings (SSSR count). The Morgan fingerprint density at radius 1 is 1.38 bits per heavy atom. The predicted octanol–water partition coefficient (Wildman–Crippen LogP) is 3.08. The van der Waals surface area contributed by atoms with E-state index < -0.39 is 5.63 Å². The third-order valence-electron chi connectivity index (χ3n) is 1.71. The molecule has 0 radical (unpaired) electrons. The molecule has 1 aromatic carbocycles. The maximum Gasteiger partial charge on any atom is 0.268 e. The van der Waals surface area contributed by atoms with E-state index in [0.29, 0.717) is 5.52 Å². The van der Waals surface area contributed by atoms with Crippen LogP contribution < -0.4 is 0 Å². The molecule has 2 nitrogen and oxygen atoms in total. The lowest BCUT2D eigenvalue weighted by Crippen LogP contribution is -1.97. The summed E-state index contributed by atoms with van der Waals surface area (Å²) in [5, 5.41) is 4.67. The summed E-state index contributed by atoms with van der Waals surface area (Å²) in [5.74, 6) is 0. The first kappa shape index (κ1) is 8.50. The Hall–Kier alpha value is -1.10. The highest BCUT2D eigenvalue weighted by Gasteiger charge is 2.10. The second-order valence-corrected chi connectivity index (χ2v) is 3.12. The molecule has 0 amide bonds. The third kappa shape index (κ3) is 1.51. The molecule has 0 N–H and O–H groups in total. The van der Waals surface area contributed by atoms with E-state index in [0.717, 1.165) is 10.1 Å². The van der Waals surface area contributed by atoms with Gasteiger partial charge in [-0.3, -0.25) is 0 Å². The molecule has 2 aromatic rings. The number of rotatable bonds is 2. The van der Waals surface area contributed by atoms with E-state index in [1.54, 1.807) is 18.2 Å². The van der Waals surface area contributed by atoms with Crippen LogP contribution in [0, 0.1) is 0 Å². The maximum absolute atomic E-state index is 12.8. The van der Waals surface area contributed by atoms with Crippen molar-refractivity contribution in [2.24, 2.45) is 0 Å². The van der Waals surface area contributed by atoms with E-state index in [1.165, 1.54) is 6.20 Å². The first-order valence-corrected chi connectivity index (χ1v) is 4.44. The lowest BCUT2D eigenvalue weighted by atomic mass is 10.3.